The van der Waals surface area contributed by atoms with E-state index < -0.39 is 19.8 Å². The first kappa shape index (κ1) is 24.2. The first-order chi connectivity index (χ1) is 16.4. The van der Waals surface area contributed by atoms with E-state index in [0.29, 0.717) is 23.5 Å². The van der Waals surface area contributed by atoms with Gasteiger partial charge in [0.05, 0.1) is 25.0 Å². The number of aromatic nitrogens is 3. The molecule has 0 saturated carbocycles. The Morgan fingerprint density at radius 3 is 2.85 bits per heavy atom. The minimum atomic E-state index is -3.93. The van der Waals surface area contributed by atoms with Crippen LogP contribution in [0.1, 0.15) is 38.5 Å². The van der Waals surface area contributed by atoms with Crippen molar-refractivity contribution in [1.29, 1.82) is 0 Å². The van der Waals surface area contributed by atoms with Crippen LogP contribution < -0.4 is 15.3 Å². The third-order valence-electron chi connectivity index (χ3n) is 5.34. The molecule has 1 aromatic carbocycles. The molecule has 1 saturated heterocycles. The van der Waals surface area contributed by atoms with Gasteiger partial charge in [-0.1, -0.05) is 18.2 Å². The van der Waals surface area contributed by atoms with Crippen molar-refractivity contribution in [1.82, 2.24) is 19.7 Å². The molecule has 0 spiro atoms. The van der Waals surface area contributed by atoms with Gasteiger partial charge in [0.2, 0.25) is 0 Å². The Hall–Kier alpha value is -2.98. The van der Waals surface area contributed by atoms with Crippen LogP contribution in [0.3, 0.4) is 0 Å². The lowest BCUT2D eigenvalue weighted by Crippen LogP contribution is -2.35. The van der Waals surface area contributed by atoms with Crippen LogP contribution in [0, 0.1) is 0 Å². The van der Waals surface area contributed by atoms with Crippen LogP contribution in [-0.2, 0) is 23.4 Å². The molecule has 34 heavy (non-hydrogen) atoms. The maximum atomic E-state index is 13.5. The highest BCUT2D eigenvalue weighted by molar-refractivity contribution is 7.52. The Labute approximate surface area is 197 Å². The van der Waals surface area contributed by atoms with Gasteiger partial charge in [0.25, 0.3) is 0 Å². The third kappa shape index (κ3) is 5.56. The van der Waals surface area contributed by atoms with E-state index in [1.165, 1.54) is 13.3 Å². The number of hydrogen-bond donors (Lipinski definition) is 2. The van der Waals surface area contributed by atoms with Crippen LogP contribution in [0.15, 0.2) is 48.8 Å². The summed E-state index contributed by atoms with van der Waals surface area (Å²) in [6.45, 7) is 3.45. The van der Waals surface area contributed by atoms with Crippen LogP contribution in [0.2, 0.25) is 0 Å². The molecule has 182 valence electrons. The molecule has 1 aliphatic heterocycles. The molecule has 12 heteroatoms. The van der Waals surface area contributed by atoms with Crippen LogP contribution in [0.25, 0.3) is 5.52 Å². The number of benzene rings is 1. The standard InChI is InChI=1S/C22H28N5O6P/c1-3-30-22(28)15(2)26-34(29,33-16-7-5-4-6-8-16)31-13-17-9-12-20(32-17)18-10-11-19-21(23)24-14-25-27(18)19/h4-8,10-11,14-15,17,20H,3,9,12-13H2,1-2H3,(H,26,29)(H2,23,24,25). The summed E-state index contributed by atoms with van der Waals surface area (Å²) in [5.74, 6) is 0.179. The fraction of sp³-hybridized carbons (Fsp3) is 0.409. The van der Waals surface area contributed by atoms with Crippen LogP contribution >= 0.6 is 7.75 Å². The minimum Gasteiger partial charge on any atom is -0.465 e. The van der Waals surface area contributed by atoms with Crippen molar-refractivity contribution in [3.05, 3.63) is 54.5 Å². The number of esters is 1. The van der Waals surface area contributed by atoms with Crippen molar-refractivity contribution < 1.29 is 27.9 Å². The highest BCUT2D eigenvalue weighted by atomic mass is 31.2. The molecule has 1 fully saturated rings. The number of nitrogens with zero attached hydrogens (tertiary/aromatic N) is 3. The number of ether oxygens (including phenoxy) is 2. The zero-order chi connectivity index (χ0) is 24.1. The molecule has 2 aromatic heterocycles. The van der Waals surface area contributed by atoms with Crippen molar-refractivity contribution in [2.24, 2.45) is 0 Å². The average Bonchev–Trinajstić information content (AvgIpc) is 3.46. The van der Waals surface area contributed by atoms with Crippen molar-refractivity contribution in [2.45, 2.75) is 44.9 Å². The Morgan fingerprint density at radius 1 is 1.29 bits per heavy atom. The predicted octanol–water partition coefficient (Wildman–Crippen LogP) is 3.28. The third-order valence-corrected chi connectivity index (χ3v) is 6.98. The highest BCUT2D eigenvalue weighted by Crippen LogP contribution is 2.46. The van der Waals surface area contributed by atoms with Gasteiger partial charge in [-0.05, 0) is 51.0 Å². The van der Waals surface area contributed by atoms with E-state index in [1.807, 2.05) is 18.2 Å². The molecular weight excluding hydrogens is 461 g/mol. The van der Waals surface area contributed by atoms with Gasteiger partial charge < -0.3 is 19.7 Å². The van der Waals surface area contributed by atoms with E-state index in [9.17, 15) is 9.36 Å². The van der Waals surface area contributed by atoms with Crippen molar-refractivity contribution in [3.8, 4) is 5.75 Å². The van der Waals surface area contributed by atoms with Gasteiger partial charge >= 0.3 is 13.7 Å². The lowest BCUT2D eigenvalue weighted by atomic mass is 10.1. The number of nitrogens with two attached hydrogens (primary N) is 1. The number of nitrogen functional groups attached to an aromatic ring is 1. The Morgan fingerprint density at radius 2 is 2.09 bits per heavy atom. The van der Waals surface area contributed by atoms with Gasteiger partial charge in [0.1, 0.15) is 29.7 Å². The van der Waals surface area contributed by atoms with Gasteiger partial charge in [-0.3, -0.25) is 9.32 Å². The molecule has 0 bridgehead atoms. The molecule has 0 radical (unpaired) electrons. The topological polar surface area (TPSA) is 139 Å². The monoisotopic (exact) mass is 489 g/mol. The van der Waals surface area contributed by atoms with E-state index >= 15 is 0 Å². The number of para-hydroxylation sites is 1. The molecular formula is C22H28N5O6P. The Bertz CT molecular complexity index is 1170. The number of anilines is 1. The molecule has 4 atom stereocenters. The molecule has 3 aromatic rings. The van der Waals surface area contributed by atoms with Crippen LogP contribution in [0.4, 0.5) is 5.82 Å². The number of carbonyl (C=O) groups is 1. The summed E-state index contributed by atoms with van der Waals surface area (Å²) < 4.78 is 37.8. The van der Waals surface area contributed by atoms with Gasteiger partial charge in [0.15, 0.2) is 5.82 Å². The number of rotatable bonds is 10. The van der Waals surface area contributed by atoms with E-state index in [1.54, 1.807) is 35.7 Å². The van der Waals surface area contributed by atoms with Gasteiger partial charge in [0, 0.05) is 0 Å². The van der Waals surface area contributed by atoms with E-state index in [-0.39, 0.29) is 25.4 Å². The SMILES string of the molecule is CCOC(=O)C(C)NP(=O)(OCC1CCC(c2ccc3c(N)ncnn23)O1)Oc1ccccc1. The number of carbonyl (C=O) groups excluding carboxylic acids is 1. The molecule has 4 unspecified atom stereocenters. The molecule has 0 amide bonds. The second-order valence-corrected chi connectivity index (χ2v) is 9.52. The first-order valence-corrected chi connectivity index (χ1v) is 12.6. The Balaban J connectivity index is 1.43. The molecule has 1 aliphatic rings. The quantitative estimate of drug-likeness (QED) is 0.322. The summed E-state index contributed by atoms with van der Waals surface area (Å²) in [7, 11) is -3.93. The number of fused-ring (bicyclic) bond motifs is 1. The number of hydrogen-bond acceptors (Lipinski definition) is 9. The van der Waals surface area contributed by atoms with E-state index in [0.717, 1.165) is 12.1 Å². The maximum absolute atomic E-state index is 13.5. The summed E-state index contributed by atoms with van der Waals surface area (Å²) in [6.07, 6.45) is 2.24. The second-order valence-electron chi connectivity index (χ2n) is 7.83. The average molecular weight is 489 g/mol. The molecule has 11 nitrogen and oxygen atoms in total. The number of nitrogens with one attached hydrogen (secondary N) is 1. The van der Waals surface area contributed by atoms with Gasteiger partial charge in [-0.25, -0.2) is 14.1 Å². The van der Waals surface area contributed by atoms with Gasteiger partial charge in [-0.2, -0.15) is 10.2 Å². The van der Waals surface area contributed by atoms with Crippen molar-refractivity contribution >= 4 is 25.1 Å². The zero-order valence-electron chi connectivity index (χ0n) is 19.0. The molecule has 4 rings (SSSR count). The summed E-state index contributed by atoms with van der Waals surface area (Å²) >= 11 is 0. The zero-order valence-corrected chi connectivity index (χ0v) is 19.9. The normalized spacial score (nSPS) is 20.6. The molecule has 3 N–H and O–H groups in total. The smallest absolute Gasteiger partial charge is 0.459 e. The summed E-state index contributed by atoms with van der Waals surface area (Å²) in [5.41, 5.74) is 7.48. The fourth-order valence-electron chi connectivity index (χ4n) is 3.71. The van der Waals surface area contributed by atoms with Crippen molar-refractivity contribution in [2.75, 3.05) is 18.9 Å². The van der Waals surface area contributed by atoms with Crippen LogP contribution in [-0.4, -0.2) is 45.9 Å². The molecule has 3 heterocycles. The summed E-state index contributed by atoms with van der Waals surface area (Å²) in [6, 6.07) is 11.5. The second kappa shape index (κ2) is 10.5. The largest absolute Gasteiger partial charge is 0.465 e. The van der Waals surface area contributed by atoms with E-state index in [4.69, 9.17) is 24.3 Å². The van der Waals surface area contributed by atoms with Gasteiger partial charge in [-0.15, -0.1) is 0 Å². The lowest BCUT2D eigenvalue weighted by molar-refractivity contribution is -0.144. The van der Waals surface area contributed by atoms with Crippen LogP contribution in [0.5, 0.6) is 5.75 Å². The summed E-state index contributed by atoms with van der Waals surface area (Å²) in [4.78, 5) is 16.1. The fourth-order valence-corrected chi connectivity index (χ4v) is 5.23. The Kier molecular flexibility index (Phi) is 7.47. The van der Waals surface area contributed by atoms with Crippen molar-refractivity contribution in [3.63, 3.8) is 0 Å². The maximum Gasteiger partial charge on any atom is 0.459 e. The predicted molar refractivity (Wildman–Crippen MR) is 124 cm³/mol. The minimum absolute atomic E-state index is 0.00356. The highest BCUT2D eigenvalue weighted by Gasteiger charge is 2.35. The lowest BCUT2D eigenvalue weighted by Gasteiger charge is -2.24. The first-order valence-electron chi connectivity index (χ1n) is 11.1. The molecule has 0 aliphatic carbocycles. The van der Waals surface area contributed by atoms with E-state index in [2.05, 4.69) is 15.2 Å². The summed E-state index contributed by atoms with van der Waals surface area (Å²) in [5, 5.41) is 6.93.